The average Bonchev–Trinajstić information content (AvgIpc) is 2.13. The Kier molecular flexibility index (Phi) is 1.62. The standard InChI is InChI=1S/C10H16O4/c11-7-4-1-5-8(12)6(7)3-10(14,2-4)9(5)13/h4-9,11-14H,1-3H2. The first-order valence-electron chi connectivity index (χ1n) is 5.29. The molecular formula is C10H16O4. The normalized spacial score (nSPS) is 66.0. The van der Waals surface area contributed by atoms with E-state index < -0.39 is 23.9 Å². The highest BCUT2D eigenvalue weighted by molar-refractivity contribution is 5.13. The molecule has 4 aliphatic rings. The highest BCUT2D eigenvalue weighted by atomic mass is 16.4. The zero-order chi connectivity index (χ0) is 10.1. The molecule has 14 heavy (non-hydrogen) atoms. The monoisotopic (exact) mass is 200 g/mol. The summed E-state index contributed by atoms with van der Waals surface area (Å²) in [5, 5.41) is 39.7. The molecule has 7 atom stereocenters. The summed E-state index contributed by atoms with van der Waals surface area (Å²) in [6.07, 6.45) is -0.482. The summed E-state index contributed by atoms with van der Waals surface area (Å²) in [5.41, 5.74) is -1.04. The van der Waals surface area contributed by atoms with Crippen LogP contribution in [-0.2, 0) is 0 Å². The molecule has 4 heteroatoms. The second-order valence-electron chi connectivity index (χ2n) is 5.26. The molecule has 0 amide bonds. The largest absolute Gasteiger partial charge is 0.392 e. The smallest absolute Gasteiger partial charge is 0.0917 e. The van der Waals surface area contributed by atoms with Crippen LogP contribution in [0.2, 0.25) is 0 Å². The minimum atomic E-state index is -1.04. The lowest BCUT2D eigenvalue weighted by atomic mass is 9.50. The van der Waals surface area contributed by atoms with Crippen LogP contribution in [0.5, 0.6) is 0 Å². The van der Waals surface area contributed by atoms with Gasteiger partial charge >= 0.3 is 0 Å². The molecule has 4 N–H and O–H groups in total. The van der Waals surface area contributed by atoms with Gasteiger partial charge in [0.1, 0.15) is 0 Å². The molecule has 0 aliphatic heterocycles. The number of aliphatic hydroxyl groups excluding tert-OH is 3. The maximum Gasteiger partial charge on any atom is 0.0917 e. The Labute approximate surface area is 82.2 Å². The summed E-state index contributed by atoms with van der Waals surface area (Å²) in [7, 11) is 0. The zero-order valence-corrected chi connectivity index (χ0v) is 7.87. The van der Waals surface area contributed by atoms with Gasteiger partial charge in [0.05, 0.1) is 23.9 Å². The van der Waals surface area contributed by atoms with E-state index in [0.29, 0.717) is 19.3 Å². The molecule has 0 aromatic rings. The summed E-state index contributed by atoms with van der Waals surface area (Å²) < 4.78 is 0. The molecule has 4 nitrogen and oxygen atoms in total. The van der Waals surface area contributed by atoms with Crippen molar-refractivity contribution < 1.29 is 20.4 Å². The SMILES string of the molecule is OC1C2CC3C(O)C1CC(O)(C2)C3O. The molecule has 0 aromatic carbocycles. The van der Waals surface area contributed by atoms with Crippen molar-refractivity contribution in [1.82, 2.24) is 0 Å². The lowest BCUT2D eigenvalue weighted by molar-refractivity contribution is -0.270. The number of hydrogen-bond donors (Lipinski definition) is 4. The Morgan fingerprint density at radius 3 is 2.36 bits per heavy atom. The van der Waals surface area contributed by atoms with Gasteiger partial charge < -0.3 is 20.4 Å². The molecule has 4 saturated carbocycles. The van der Waals surface area contributed by atoms with Gasteiger partial charge in [-0.05, 0) is 25.2 Å². The van der Waals surface area contributed by atoms with Crippen LogP contribution in [0.25, 0.3) is 0 Å². The van der Waals surface area contributed by atoms with Crippen molar-refractivity contribution in [2.24, 2.45) is 17.8 Å². The van der Waals surface area contributed by atoms with Gasteiger partial charge in [-0.15, -0.1) is 0 Å². The van der Waals surface area contributed by atoms with Crippen LogP contribution in [0, 0.1) is 17.8 Å². The third-order valence-corrected chi connectivity index (χ3v) is 4.53. The summed E-state index contributed by atoms with van der Waals surface area (Å²) >= 11 is 0. The quantitative estimate of drug-likeness (QED) is 0.398. The maximum atomic E-state index is 10.1. The van der Waals surface area contributed by atoms with Crippen molar-refractivity contribution in [3.8, 4) is 0 Å². The number of aliphatic hydroxyl groups is 4. The fourth-order valence-corrected chi connectivity index (χ4v) is 3.84. The first-order chi connectivity index (χ1) is 6.53. The molecular weight excluding hydrogens is 184 g/mol. The van der Waals surface area contributed by atoms with Crippen LogP contribution in [-0.4, -0.2) is 44.3 Å². The topological polar surface area (TPSA) is 80.9 Å². The van der Waals surface area contributed by atoms with Crippen molar-refractivity contribution >= 4 is 0 Å². The van der Waals surface area contributed by atoms with E-state index in [0.717, 1.165) is 0 Å². The molecule has 0 spiro atoms. The van der Waals surface area contributed by atoms with Crippen LogP contribution in [0.3, 0.4) is 0 Å². The molecule has 80 valence electrons. The van der Waals surface area contributed by atoms with Crippen LogP contribution in [0.4, 0.5) is 0 Å². The van der Waals surface area contributed by atoms with Gasteiger partial charge in [0.15, 0.2) is 0 Å². The minimum absolute atomic E-state index is 0.0653. The van der Waals surface area contributed by atoms with Crippen molar-refractivity contribution in [1.29, 1.82) is 0 Å². The van der Waals surface area contributed by atoms with Crippen molar-refractivity contribution in [2.75, 3.05) is 0 Å². The molecule has 0 heterocycles. The molecule has 7 unspecified atom stereocenters. The van der Waals surface area contributed by atoms with Gasteiger partial charge in [0.2, 0.25) is 0 Å². The van der Waals surface area contributed by atoms with Crippen molar-refractivity contribution in [3.63, 3.8) is 0 Å². The predicted octanol–water partition coefficient (Wildman–Crippen LogP) is -1.14. The van der Waals surface area contributed by atoms with E-state index in [4.69, 9.17) is 0 Å². The molecule has 0 aromatic heterocycles. The molecule has 4 aliphatic carbocycles. The highest BCUT2D eigenvalue weighted by Gasteiger charge is 2.63. The van der Waals surface area contributed by atoms with E-state index in [1.165, 1.54) is 0 Å². The van der Waals surface area contributed by atoms with Crippen LogP contribution in [0.15, 0.2) is 0 Å². The fourth-order valence-electron chi connectivity index (χ4n) is 3.84. The van der Waals surface area contributed by atoms with Crippen LogP contribution in [0.1, 0.15) is 19.3 Å². The number of rotatable bonds is 0. The Morgan fingerprint density at radius 2 is 1.64 bits per heavy atom. The van der Waals surface area contributed by atoms with E-state index in [1.807, 2.05) is 0 Å². The first kappa shape index (κ1) is 9.09. The summed E-state index contributed by atoms with van der Waals surface area (Å²) in [6.45, 7) is 0. The third-order valence-electron chi connectivity index (χ3n) is 4.53. The highest BCUT2D eigenvalue weighted by Crippen LogP contribution is 2.55. The molecule has 0 saturated heterocycles. The Hall–Kier alpha value is -0.160. The van der Waals surface area contributed by atoms with E-state index >= 15 is 0 Å². The lowest BCUT2D eigenvalue weighted by Gasteiger charge is -2.60. The summed E-state index contributed by atoms with van der Waals surface area (Å²) in [5.74, 6) is -0.405. The second-order valence-corrected chi connectivity index (χ2v) is 5.26. The van der Waals surface area contributed by atoms with Gasteiger partial charge in [-0.3, -0.25) is 0 Å². The van der Waals surface area contributed by atoms with Gasteiger partial charge in [0, 0.05) is 11.8 Å². The zero-order valence-electron chi connectivity index (χ0n) is 7.87. The van der Waals surface area contributed by atoms with Crippen LogP contribution < -0.4 is 0 Å². The maximum absolute atomic E-state index is 10.1. The number of hydrogen-bond acceptors (Lipinski definition) is 4. The first-order valence-corrected chi connectivity index (χ1v) is 5.29. The predicted molar refractivity (Wildman–Crippen MR) is 47.3 cm³/mol. The Morgan fingerprint density at radius 1 is 0.929 bits per heavy atom. The van der Waals surface area contributed by atoms with Gasteiger partial charge in [-0.2, -0.15) is 0 Å². The van der Waals surface area contributed by atoms with Gasteiger partial charge in [0.25, 0.3) is 0 Å². The van der Waals surface area contributed by atoms with E-state index in [9.17, 15) is 20.4 Å². The van der Waals surface area contributed by atoms with Gasteiger partial charge in [-0.1, -0.05) is 0 Å². The third kappa shape index (κ3) is 0.877. The van der Waals surface area contributed by atoms with E-state index in [2.05, 4.69) is 0 Å². The Bertz CT molecular complexity index is 267. The molecule has 4 fully saturated rings. The Balaban J connectivity index is 2.00. The minimum Gasteiger partial charge on any atom is -0.392 e. The van der Waals surface area contributed by atoms with E-state index in [1.54, 1.807) is 0 Å². The van der Waals surface area contributed by atoms with Crippen molar-refractivity contribution in [2.45, 2.75) is 43.2 Å². The van der Waals surface area contributed by atoms with E-state index in [-0.39, 0.29) is 17.8 Å². The second kappa shape index (κ2) is 2.50. The molecule has 4 bridgehead atoms. The van der Waals surface area contributed by atoms with Gasteiger partial charge in [-0.25, -0.2) is 0 Å². The summed E-state index contributed by atoms with van der Waals surface area (Å²) in [6, 6.07) is 0. The van der Waals surface area contributed by atoms with Crippen molar-refractivity contribution in [3.05, 3.63) is 0 Å². The fraction of sp³-hybridized carbons (Fsp3) is 1.00. The van der Waals surface area contributed by atoms with Crippen LogP contribution >= 0.6 is 0 Å². The average molecular weight is 200 g/mol. The lowest BCUT2D eigenvalue weighted by Crippen LogP contribution is -2.69. The molecule has 0 radical (unpaired) electrons. The molecule has 4 rings (SSSR count). The summed E-state index contributed by atoms with van der Waals surface area (Å²) in [4.78, 5) is 0.